The van der Waals surface area contributed by atoms with Crippen LogP contribution in [-0.2, 0) is 11.2 Å². The molecule has 6 nitrogen and oxygen atoms in total. The summed E-state index contributed by atoms with van der Waals surface area (Å²) < 4.78 is 5.53. The second-order valence-corrected chi connectivity index (χ2v) is 7.79. The number of aromatic nitrogens is 1. The van der Waals surface area contributed by atoms with Crippen LogP contribution >= 0.6 is 0 Å². The van der Waals surface area contributed by atoms with Gasteiger partial charge in [-0.05, 0) is 43.2 Å². The van der Waals surface area contributed by atoms with Crippen molar-refractivity contribution in [2.75, 3.05) is 38.2 Å². The fourth-order valence-corrected chi connectivity index (χ4v) is 4.29. The van der Waals surface area contributed by atoms with Crippen molar-refractivity contribution in [1.29, 1.82) is 0 Å². The van der Waals surface area contributed by atoms with Gasteiger partial charge in [-0.25, -0.2) is 4.98 Å². The maximum Gasteiger partial charge on any atom is 0.317 e. The molecule has 0 amide bonds. The highest BCUT2D eigenvalue weighted by molar-refractivity contribution is 5.96. The number of aliphatic carboxylic acids is 1. The number of benzene rings is 2. The molecule has 2 heterocycles. The molecule has 0 radical (unpaired) electrons. The zero-order chi connectivity index (χ0) is 21.1. The molecule has 0 saturated carbocycles. The Labute approximate surface area is 176 Å². The first-order valence-corrected chi connectivity index (χ1v) is 10.2. The summed E-state index contributed by atoms with van der Waals surface area (Å²) in [5.74, 6) is -0.0149. The van der Waals surface area contributed by atoms with Crippen LogP contribution in [0, 0.1) is 6.92 Å². The fourth-order valence-electron chi connectivity index (χ4n) is 4.29. The van der Waals surface area contributed by atoms with E-state index >= 15 is 0 Å². The number of hydrogen-bond acceptors (Lipinski definition) is 5. The number of carboxylic acids is 1. The zero-order valence-electron chi connectivity index (χ0n) is 17.4. The lowest BCUT2D eigenvalue weighted by molar-refractivity contribution is -0.139. The van der Waals surface area contributed by atoms with Crippen molar-refractivity contribution in [3.8, 4) is 5.75 Å². The van der Waals surface area contributed by atoms with Gasteiger partial charge in [0.15, 0.2) is 0 Å². The number of aryl methyl sites for hydroxylation is 1. The standard InChI is InChI=1S/C24H27N3O3/c1-17-8-9-20-21(10-11-22(30-2)24(20)25-17)27-13-12-26(16-23(28)29)19(15-27)14-18-6-4-3-5-7-18/h3-11,19H,12-16H2,1-2H3,(H,28,29)/t19-/m0/s1. The third-order valence-electron chi connectivity index (χ3n) is 5.75. The van der Waals surface area contributed by atoms with E-state index < -0.39 is 5.97 Å². The van der Waals surface area contributed by atoms with Crippen LogP contribution in [0.25, 0.3) is 10.9 Å². The second-order valence-electron chi connectivity index (χ2n) is 7.79. The highest BCUT2D eigenvalue weighted by Crippen LogP contribution is 2.34. The molecule has 1 N–H and O–H groups in total. The van der Waals surface area contributed by atoms with Crippen molar-refractivity contribution in [3.63, 3.8) is 0 Å². The smallest absolute Gasteiger partial charge is 0.317 e. The molecule has 1 aromatic heterocycles. The van der Waals surface area contributed by atoms with Crippen molar-refractivity contribution < 1.29 is 14.6 Å². The molecule has 0 aliphatic carbocycles. The largest absolute Gasteiger partial charge is 0.494 e. The molecule has 1 aliphatic rings. The number of methoxy groups -OCH3 is 1. The summed E-state index contributed by atoms with van der Waals surface area (Å²) in [6.07, 6.45) is 0.816. The minimum absolute atomic E-state index is 0.0649. The molecule has 156 valence electrons. The minimum atomic E-state index is -0.781. The number of carboxylic acid groups (broad SMARTS) is 1. The lowest BCUT2D eigenvalue weighted by Crippen LogP contribution is -2.55. The number of fused-ring (bicyclic) bond motifs is 1. The average Bonchev–Trinajstić information content (AvgIpc) is 2.74. The zero-order valence-corrected chi connectivity index (χ0v) is 17.4. The number of anilines is 1. The molecule has 1 aliphatic heterocycles. The summed E-state index contributed by atoms with van der Waals surface area (Å²) in [5.41, 5.74) is 4.15. The Balaban J connectivity index is 1.66. The normalized spacial score (nSPS) is 17.3. The van der Waals surface area contributed by atoms with E-state index in [2.05, 4.69) is 34.1 Å². The highest BCUT2D eigenvalue weighted by Gasteiger charge is 2.29. The molecule has 2 aromatic carbocycles. The van der Waals surface area contributed by atoms with Gasteiger partial charge in [-0.2, -0.15) is 0 Å². The van der Waals surface area contributed by atoms with Crippen LogP contribution in [0.5, 0.6) is 5.75 Å². The summed E-state index contributed by atoms with van der Waals surface area (Å²) in [7, 11) is 1.67. The van der Waals surface area contributed by atoms with Gasteiger partial charge in [0.05, 0.1) is 13.7 Å². The molecule has 6 heteroatoms. The van der Waals surface area contributed by atoms with Crippen molar-refractivity contribution in [3.05, 3.63) is 65.9 Å². The number of nitrogens with zero attached hydrogens (tertiary/aromatic N) is 3. The molecular formula is C24H27N3O3. The molecule has 3 aromatic rings. The molecule has 1 saturated heterocycles. The van der Waals surface area contributed by atoms with E-state index in [1.54, 1.807) is 7.11 Å². The fraction of sp³-hybridized carbons (Fsp3) is 0.333. The topological polar surface area (TPSA) is 65.9 Å². The Morgan fingerprint density at radius 2 is 1.93 bits per heavy atom. The van der Waals surface area contributed by atoms with Gasteiger partial charge >= 0.3 is 5.97 Å². The van der Waals surface area contributed by atoms with Gasteiger partial charge < -0.3 is 14.7 Å². The van der Waals surface area contributed by atoms with Crippen LogP contribution in [-0.4, -0.2) is 60.3 Å². The van der Waals surface area contributed by atoms with Crippen LogP contribution in [0.4, 0.5) is 5.69 Å². The highest BCUT2D eigenvalue weighted by atomic mass is 16.5. The molecule has 1 atom stereocenters. The molecule has 30 heavy (non-hydrogen) atoms. The van der Waals surface area contributed by atoms with Gasteiger partial charge in [0.1, 0.15) is 11.3 Å². The Kier molecular flexibility index (Phi) is 5.86. The van der Waals surface area contributed by atoms with Crippen molar-refractivity contribution >= 4 is 22.6 Å². The lowest BCUT2D eigenvalue weighted by Gasteiger charge is -2.42. The Bertz CT molecular complexity index is 1040. The van der Waals surface area contributed by atoms with Crippen molar-refractivity contribution in [1.82, 2.24) is 9.88 Å². The van der Waals surface area contributed by atoms with E-state index in [-0.39, 0.29) is 12.6 Å². The van der Waals surface area contributed by atoms with Gasteiger partial charge in [0.25, 0.3) is 0 Å². The molecule has 0 bridgehead atoms. The predicted molar refractivity (Wildman–Crippen MR) is 118 cm³/mol. The van der Waals surface area contributed by atoms with Crippen LogP contribution in [0.1, 0.15) is 11.3 Å². The number of carbonyl (C=O) groups is 1. The monoisotopic (exact) mass is 405 g/mol. The molecular weight excluding hydrogens is 378 g/mol. The van der Waals surface area contributed by atoms with Crippen LogP contribution < -0.4 is 9.64 Å². The molecule has 1 fully saturated rings. The maximum atomic E-state index is 11.4. The van der Waals surface area contributed by atoms with E-state index in [9.17, 15) is 9.90 Å². The average molecular weight is 405 g/mol. The first kappa shape index (κ1) is 20.2. The Morgan fingerprint density at radius 3 is 2.67 bits per heavy atom. The van der Waals surface area contributed by atoms with Crippen LogP contribution in [0.3, 0.4) is 0 Å². The third kappa shape index (κ3) is 4.24. The number of piperazine rings is 1. The minimum Gasteiger partial charge on any atom is -0.494 e. The summed E-state index contributed by atoms with van der Waals surface area (Å²) in [6.45, 7) is 4.28. The molecule has 0 unspecified atom stereocenters. The third-order valence-corrected chi connectivity index (χ3v) is 5.75. The summed E-state index contributed by atoms with van der Waals surface area (Å²) >= 11 is 0. The maximum absolute atomic E-state index is 11.4. The number of hydrogen-bond donors (Lipinski definition) is 1. The van der Waals surface area contributed by atoms with E-state index in [4.69, 9.17) is 9.72 Å². The van der Waals surface area contributed by atoms with Crippen LogP contribution in [0.15, 0.2) is 54.6 Å². The Hall–Kier alpha value is -3.12. The van der Waals surface area contributed by atoms with Gasteiger partial charge in [-0.15, -0.1) is 0 Å². The first-order valence-electron chi connectivity index (χ1n) is 10.2. The lowest BCUT2D eigenvalue weighted by atomic mass is 10.0. The van der Waals surface area contributed by atoms with Gasteiger partial charge in [-0.3, -0.25) is 9.69 Å². The van der Waals surface area contributed by atoms with Gasteiger partial charge in [0.2, 0.25) is 0 Å². The summed E-state index contributed by atoms with van der Waals surface area (Å²) in [4.78, 5) is 20.6. The van der Waals surface area contributed by atoms with E-state index in [0.717, 1.165) is 47.5 Å². The molecule has 4 rings (SSSR count). The number of rotatable bonds is 6. The molecule has 0 spiro atoms. The van der Waals surface area contributed by atoms with Gasteiger partial charge in [0, 0.05) is 42.4 Å². The van der Waals surface area contributed by atoms with Crippen molar-refractivity contribution in [2.24, 2.45) is 0 Å². The number of pyridine rings is 1. The summed E-state index contributed by atoms with van der Waals surface area (Å²) in [6, 6.07) is 18.6. The first-order chi connectivity index (χ1) is 14.5. The Morgan fingerprint density at radius 1 is 1.13 bits per heavy atom. The summed E-state index contributed by atoms with van der Waals surface area (Å²) in [5, 5.41) is 10.4. The van der Waals surface area contributed by atoms with E-state index in [1.165, 1.54) is 5.56 Å². The van der Waals surface area contributed by atoms with Crippen molar-refractivity contribution in [2.45, 2.75) is 19.4 Å². The van der Waals surface area contributed by atoms with E-state index in [1.807, 2.05) is 37.3 Å². The number of ether oxygens (including phenoxy) is 1. The SMILES string of the molecule is COc1ccc(N2CCN(CC(=O)O)[C@@H](Cc3ccccc3)C2)c2ccc(C)nc12. The predicted octanol–water partition coefficient (Wildman–Crippen LogP) is 3.37. The quantitative estimate of drug-likeness (QED) is 0.678. The van der Waals surface area contributed by atoms with Crippen LogP contribution in [0.2, 0.25) is 0 Å². The second kappa shape index (κ2) is 8.71. The van der Waals surface area contributed by atoms with Gasteiger partial charge in [-0.1, -0.05) is 30.3 Å². The van der Waals surface area contributed by atoms with E-state index in [0.29, 0.717) is 6.54 Å².